The highest BCUT2D eigenvalue weighted by Crippen LogP contribution is 2.26. The van der Waals surface area contributed by atoms with Crippen LogP contribution in [0.15, 0.2) is 71.7 Å². The van der Waals surface area contributed by atoms with Crippen molar-refractivity contribution in [2.75, 3.05) is 4.72 Å². The van der Waals surface area contributed by atoms with Gasteiger partial charge in [-0.15, -0.1) is 0 Å². The molecule has 3 rings (SSSR count). The summed E-state index contributed by atoms with van der Waals surface area (Å²) in [5.74, 6) is 0.617. The minimum absolute atomic E-state index is 0.315. The maximum Gasteiger partial charge on any atom is 0.235 e. The largest absolute Gasteiger partial charge is 0.484 e. The molecule has 0 aliphatic heterocycles. The molecule has 6 nitrogen and oxygen atoms in total. The summed E-state index contributed by atoms with van der Waals surface area (Å²) in [4.78, 5) is 4.21. The third-order valence-electron chi connectivity index (χ3n) is 4.06. The first-order valence-corrected chi connectivity index (χ1v) is 10.2. The number of rotatable bonds is 8. The van der Waals surface area contributed by atoms with Gasteiger partial charge in [0, 0.05) is 12.1 Å². The van der Waals surface area contributed by atoms with Crippen molar-refractivity contribution in [2.24, 2.45) is 0 Å². The summed E-state index contributed by atoms with van der Waals surface area (Å²) in [6.07, 6.45) is 3.26. The number of hydrogen-bond donors (Lipinski definition) is 1. The molecule has 7 heteroatoms. The van der Waals surface area contributed by atoms with Crippen LogP contribution in [0.2, 0.25) is 0 Å². The van der Waals surface area contributed by atoms with Gasteiger partial charge >= 0.3 is 0 Å². The van der Waals surface area contributed by atoms with Crippen LogP contribution in [0.25, 0.3) is 0 Å². The Bertz CT molecular complexity index is 937. The van der Waals surface area contributed by atoms with Gasteiger partial charge in [0.15, 0.2) is 6.39 Å². The van der Waals surface area contributed by atoms with Gasteiger partial charge in [0.1, 0.15) is 23.8 Å². The Morgan fingerprint density at radius 1 is 1.07 bits per heavy atom. The molecule has 1 atom stereocenters. The Morgan fingerprint density at radius 2 is 1.78 bits per heavy atom. The molecular weight excluding hydrogens is 364 g/mol. The van der Waals surface area contributed by atoms with Crippen LogP contribution in [0.1, 0.15) is 31.2 Å². The number of aromatic nitrogens is 1. The molecule has 3 aromatic rings. The summed E-state index contributed by atoms with van der Waals surface area (Å²) in [7, 11) is -3.38. The maximum atomic E-state index is 12.0. The zero-order valence-corrected chi connectivity index (χ0v) is 16.0. The molecule has 142 valence electrons. The number of nitrogens with one attached hydrogen (secondary N) is 1. The Balaban J connectivity index is 1.74. The Hall–Kier alpha value is -2.80. The van der Waals surface area contributed by atoms with Crippen LogP contribution in [0.5, 0.6) is 5.75 Å². The van der Waals surface area contributed by atoms with Crippen molar-refractivity contribution >= 4 is 15.7 Å². The van der Waals surface area contributed by atoms with Gasteiger partial charge in [-0.3, -0.25) is 4.72 Å². The number of ether oxygens (including phenoxy) is 1. The van der Waals surface area contributed by atoms with Crippen molar-refractivity contribution in [1.29, 1.82) is 0 Å². The summed E-state index contributed by atoms with van der Waals surface area (Å²) in [5.41, 5.74) is 2.31. The molecule has 0 saturated carbocycles. The van der Waals surface area contributed by atoms with E-state index in [4.69, 9.17) is 9.15 Å². The summed E-state index contributed by atoms with van der Waals surface area (Å²) < 4.78 is 37.7. The standard InChI is InChI=1S/C20H22N2O4S/c1-15(2)27(23,24)22-17-8-10-18(11-9-17)26-20(19-13-25-14-21-19)12-16-6-4-3-5-7-16/h3-11,13-15,20,22H,12H2,1-2H3. The van der Waals surface area contributed by atoms with Crippen LogP contribution in [0.4, 0.5) is 5.69 Å². The number of hydrogen-bond acceptors (Lipinski definition) is 5. The highest BCUT2D eigenvalue weighted by Gasteiger charge is 2.18. The summed E-state index contributed by atoms with van der Waals surface area (Å²) >= 11 is 0. The van der Waals surface area contributed by atoms with E-state index in [9.17, 15) is 8.42 Å². The molecule has 0 radical (unpaired) electrons. The van der Waals surface area contributed by atoms with Gasteiger partial charge in [-0.1, -0.05) is 30.3 Å². The second kappa shape index (κ2) is 8.26. The van der Waals surface area contributed by atoms with Gasteiger partial charge < -0.3 is 9.15 Å². The number of sulfonamides is 1. The fourth-order valence-electron chi connectivity index (χ4n) is 2.46. The maximum absolute atomic E-state index is 12.0. The molecule has 0 spiro atoms. The van der Waals surface area contributed by atoms with E-state index in [0.717, 1.165) is 5.56 Å². The van der Waals surface area contributed by atoms with Crippen LogP contribution in [-0.4, -0.2) is 18.7 Å². The van der Waals surface area contributed by atoms with Crippen molar-refractivity contribution in [1.82, 2.24) is 4.98 Å². The number of anilines is 1. The topological polar surface area (TPSA) is 81.4 Å². The van der Waals surface area contributed by atoms with Crippen LogP contribution in [0, 0.1) is 0 Å². The average molecular weight is 386 g/mol. The average Bonchev–Trinajstić information content (AvgIpc) is 3.18. The first-order valence-electron chi connectivity index (χ1n) is 8.64. The van der Waals surface area contributed by atoms with Crippen LogP contribution >= 0.6 is 0 Å². The monoisotopic (exact) mass is 386 g/mol. The predicted molar refractivity (Wildman–Crippen MR) is 104 cm³/mol. The van der Waals surface area contributed by atoms with Gasteiger partial charge in [-0.25, -0.2) is 13.4 Å². The summed E-state index contributed by atoms with van der Waals surface area (Å²) in [5, 5.41) is -0.504. The van der Waals surface area contributed by atoms with E-state index in [0.29, 0.717) is 23.6 Å². The molecule has 1 aromatic heterocycles. The van der Waals surface area contributed by atoms with E-state index in [1.807, 2.05) is 30.3 Å². The fraction of sp³-hybridized carbons (Fsp3) is 0.250. The first kappa shape index (κ1) is 19.0. The minimum atomic E-state index is -3.38. The molecule has 0 fully saturated rings. The lowest BCUT2D eigenvalue weighted by molar-refractivity contribution is 0.201. The minimum Gasteiger partial charge on any atom is -0.484 e. The zero-order chi connectivity index (χ0) is 19.3. The van der Waals surface area contributed by atoms with E-state index >= 15 is 0 Å². The molecule has 1 heterocycles. The zero-order valence-electron chi connectivity index (χ0n) is 15.2. The van der Waals surface area contributed by atoms with Gasteiger partial charge in [-0.2, -0.15) is 0 Å². The smallest absolute Gasteiger partial charge is 0.235 e. The van der Waals surface area contributed by atoms with Crippen molar-refractivity contribution in [3.63, 3.8) is 0 Å². The lowest BCUT2D eigenvalue weighted by Crippen LogP contribution is -2.22. The molecule has 0 aliphatic carbocycles. The van der Waals surface area contributed by atoms with Crippen molar-refractivity contribution in [2.45, 2.75) is 31.6 Å². The lowest BCUT2D eigenvalue weighted by Gasteiger charge is -2.18. The fourth-order valence-corrected chi connectivity index (χ4v) is 3.16. The van der Waals surface area contributed by atoms with E-state index in [1.54, 1.807) is 44.4 Å². The van der Waals surface area contributed by atoms with Crippen LogP contribution in [-0.2, 0) is 16.4 Å². The lowest BCUT2D eigenvalue weighted by atomic mass is 10.1. The van der Waals surface area contributed by atoms with Crippen molar-refractivity contribution in [3.8, 4) is 5.75 Å². The quantitative estimate of drug-likeness (QED) is 0.628. The molecule has 0 aliphatic rings. The van der Waals surface area contributed by atoms with Crippen LogP contribution < -0.4 is 9.46 Å². The molecule has 27 heavy (non-hydrogen) atoms. The highest BCUT2D eigenvalue weighted by atomic mass is 32.2. The van der Waals surface area contributed by atoms with E-state index in [-0.39, 0.29) is 6.10 Å². The highest BCUT2D eigenvalue weighted by molar-refractivity contribution is 7.93. The SMILES string of the molecule is CC(C)S(=O)(=O)Nc1ccc(OC(Cc2ccccc2)c2cocn2)cc1. The molecule has 0 bridgehead atoms. The van der Waals surface area contributed by atoms with E-state index < -0.39 is 15.3 Å². The molecule has 2 aromatic carbocycles. The molecule has 1 unspecified atom stereocenters. The molecular formula is C20H22N2O4S. The molecule has 1 N–H and O–H groups in total. The number of benzene rings is 2. The molecule has 0 amide bonds. The van der Waals surface area contributed by atoms with E-state index in [1.165, 1.54) is 6.39 Å². The Morgan fingerprint density at radius 3 is 2.37 bits per heavy atom. The second-order valence-electron chi connectivity index (χ2n) is 6.43. The van der Waals surface area contributed by atoms with Gasteiger partial charge in [0.2, 0.25) is 10.0 Å². The second-order valence-corrected chi connectivity index (χ2v) is 8.67. The Labute approximate surface area is 159 Å². The van der Waals surface area contributed by atoms with Crippen molar-refractivity contribution in [3.05, 3.63) is 78.5 Å². The van der Waals surface area contributed by atoms with Gasteiger partial charge in [0.05, 0.1) is 5.25 Å². The summed E-state index contributed by atoms with van der Waals surface area (Å²) in [6.45, 7) is 3.26. The van der Waals surface area contributed by atoms with Gasteiger partial charge in [0.25, 0.3) is 0 Å². The third kappa shape index (κ3) is 5.10. The predicted octanol–water partition coefficient (Wildman–Crippen LogP) is 4.19. The first-order chi connectivity index (χ1) is 12.9. The number of nitrogens with zero attached hydrogens (tertiary/aromatic N) is 1. The summed E-state index contributed by atoms with van der Waals surface area (Å²) in [6, 6.07) is 16.8. The third-order valence-corrected chi connectivity index (χ3v) is 5.82. The van der Waals surface area contributed by atoms with Crippen LogP contribution in [0.3, 0.4) is 0 Å². The number of oxazole rings is 1. The molecule has 0 saturated heterocycles. The van der Waals surface area contributed by atoms with Crippen molar-refractivity contribution < 1.29 is 17.6 Å². The van der Waals surface area contributed by atoms with E-state index in [2.05, 4.69) is 9.71 Å². The normalized spacial score (nSPS) is 12.7. The van der Waals surface area contributed by atoms with Gasteiger partial charge in [-0.05, 0) is 43.7 Å². The Kier molecular flexibility index (Phi) is 5.81.